The van der Waals surface area contributed by atoms with Gasteiger partial charge in [-0.15, -0.1) is 6.42 Å². The summed E-state index contributed by atoms with van der Waals surface area (Å²) in [5, 5.41) is 3.56. The number of hydrogen-bond donors (Lipinski definition) is 1. The monoisotopic (exact) mass is 370 g/mol. The molecule has 1 amide bonds. The molecule has 1 aliphatic carbocycles. The summed E-state index contributed by atoms with van der Waals surface area (Å²) in [6.07, 6.45) is 11.7. The first-order valence-corrected chi connectivity index (χ1v) is 9.63. The zero-order chi connectivity index (χ0) is 18.4. The molecule has 0 radical (unpaired) electrons. The lowest BCUT2D eigenvalue weighted by atomic mass is 10.2. The first kappa shape index (κ1) is 18.4. The van der Waals surface area contributed by atoms with Crippen LogP contribution in [0.5, 0.6) is 11.5 Å². The van der Waals surface area contributed by atoms with E-state index in [4.69, 9.17) is 15.9 Å². The zero-order valence-electron chi connectivity index (χ0n) is 14.8. The number of nitrogens with one attached hydrogen (secondary N) is 1. The molecule has 2 fully saturated rings. The SMILES string of the molecule is C#CCOc1ccc(/C=C2\SC(=NC3CCCC3)NC2=O)cc1OCC. The molecule has 5 nitrogen and oxygen atoms in total. The second-order valence-corrected chi connectivity index (χ2v) is 7.10. The van der Waals surface area contributed by atoms with Crippen LogP contribution in [-0.2, 0) is 4.79 Å². The molecule has 0 atom stereocenters. The lowest BCUT2D eigenvalue weighted by molar-refractivity contribution is -0.115. The van der Waals surface area contributed by atoms with Crippen molar-refractivity contribution in [2.24, 2.45) is 4.99 Å². The summed E-state index contributed by atoms with van der Waals surface area (Å²) in [4.78, 5) is 17.5. The molecule has 1 aromatic carbocycles. The Morgan fingerprint density at radius 2 is 2.15 bits per heavy atom. The number of terminal acetylenes is 1. The Labute approximate surface area is 158 Å². The number of thioether (sulfide) groups is 1. The van der Waals surface area contributed by atoms with E-state index < -0.39 is 0 Å². The predicted octanol–water partition coefficient (Wildman–Crippen LogP) is 3.60. The average molecular weight is 370 g/mol. The summed E-state index contributed by atoms with van der Waals surface area (Å²) in [6, 6.07) is 5.87. The van der Waals surface area contributed by atoms with Crippen LogP contribution < -0.4 is 14.8 Å². The third-order valence-electron chi connectivity index (χ3n) is 4.15. The molecular weight excluding hydrogens is 348 g/mol. The van der Waals surface area contributed by atoms with Crippen molar-refractivity contribution < 1.29 is 14.3 Å². The largest absolute Gasteiger partial charge is 0.490 e. The Bertz CT molecular complexity index is 774. The average Bonchev–Trinajstić information content (AvgIpc) is 3.25. The van der Waals surface area contributed by atoms with E-state index in [1.807, 2.05) is 25.1 Å². The first-order chi connectivity index (χ1) is 12.7. The second kappa shape index (κ2) is 8.81. The fourth-order valence-corrected chi connectivity index (χ4v) is 3.85. The maximum Gasteiger partial charge on any atom is 0.264 e. The zero-order valence-corrected chi connectivity index (χ0v) is 15.6. The van der Waals surface area contributed by atoms with Crippen molar-refractivity contribution in [3.8, 4) is 23.8 Å². The van der Waals surface area contributed by atoms with Crippen molar-refractivity contribution in [2.45, 2.75) is 38.6 Å². The molecule has 136 valence electrons. The minimum absolute atomic E-state index is 0.114. The molecule has 3 rings (SSSR count). The van der Waals surface area contributed by atoms with Gasteiger partial charge in [0, 0.05) is 0 Å². The van der Waals surface area contributed by atoms with E-state index in [2.05, 4.69) is 16.2 Å². The lowest BCUT2D eigenvalue weighted by Crippen LogP contribution is -2.21. The third-order valence-corrected chi connectivity index (χ3v) is 5.08. The summed E-state index contributed by atoms with van der Waals surface area (Å²) in [7, 11) is 0. The molecule has 1 aliphatic heterocycles. The van der Waals surface area contributed by atoms with Gasteiger partial charge in [0.05, 0.1) is 17.6 Å². The number of amides is 1. The minimum atomic E-state index is -0.114. The Morgan fingerprint density at radius 1 is 1.35 bits per heavy atom. The smallest absolute Gasteiger partial charge is 0.264 e. The van der Waals surface area contributed by atoms with Crippen LogP contribution in [0.3, 0.4) is 0 Å². The van der Waals surface area contributed by atoms with Crippen molar-refractivity contribution in [3.05, 3.63) is 28.7 Å². The summed E-state index contributed by atoms with van der Waals surface area (Å²) in [6.45, 7) is 2.60. The van der Waals surface area contributed by atoms with E-state index in [9.17, 15) is 4.79 Å². The fourth-order valence-electron chi connectivity index (χ4n) is 2.96. The number of nitrogens with zero attached hydrogens (tertiary/aromatic N) is 1. The highest BCUT2D eigenvalue weighted by molar-refractivity contribution is 8.18. The standard InChI is InChI=1S/C20H22N2O3S/c1-3-11-25-16-10-9-14(12-17(16)24-4-2)13-18-19(23)22-20(26-18)21-15-7-5-6-8-15/h1,9-10,12-13,15H,4-8,11H2,2H3,(H,21,22,23)/b18-13-. The lowest BCUT2D eigenvalue weighted by Gasteiger charge is -2.11. The number of amidine groups is 1. The van der Waals surface area contributed by atoms with Crippen molar-refractivity contribution in [1.29, 1.82) is 0 Å². The van der Waals surface area contributed by atoms with Gasteiger partial charge in [0.2, 0.25) is 0 Å². The summed E-state index contributed by atoms with van der Waals surface area (Å²) < 4.78 is 11.1. The molecule has 1 saturated carbocycles. The number of carbonyl (C=O) groups excluding carboxylic acids is 1. The first-order valence-electron chi connectivity index (χ1n) is 8.81. The van der Waals surface area contributed by atoms with E-state index in [1.54, 1.807) is 6.07 Å². The van der Waals surface area contributed by atoms with Gasteiger partial charge >= 0.3 is 0 Å². The molecule has 26 heavy (non-hydrogen) atoms. The number of ether oxygens (including phenoxy) is 2. The molecule has 0 spiro atoms. The van der Waals surface area contributed by atoms with Gasteiger partial charge in [-0.2, -0.15) is 0 Å². The molecule has 1 saturated heterocycles. The van der Waals surface area contributed by atoms with Crippen molar-refractivity contribution in [3.63, 3.8) is 0 Å². The Hall–Kier alpha value is -2.39. The second-order valence-electron chi connectivity index (χ2n) is 6.07. The van der Waals surface area contributed by atoms with E-state index >= 15 is 0 Å². The third kappa shape index (κ3) is 4.61. The number of benzene rings is 1. The Balaban J connectivity index is 1.77. The summed E-state index contributed by atoms with van der Waals surface area (Å²) in [5.41, 5.74) is 0.862. The summed E-state index contributed by atoms with van der Waals surface area (Å²) >= 11 is 1.39. The summed E-state index contributed by atoms with van der Waals surface area (Å²) in [5.74, 6) is 3.53. The molecule has 0 aromatic heterocycles. The Morgan fingerprint density at radius 3 is 2.88 bits per heavy atom. The van der Waals surface area contributed by atoms with Gasteiger partial charge in [0.25, 0.3) is 5.91 Å². The van der Waals surface area contributed by atoms with Gasteiger partial charge in [0.15, 0.2) is 16.7 Å². The minimum Gasteiger partial charge on any atom is -0.490 e. The highest BCUT2D eigenvalue weighted by Gasteiger charge is 2.25. The van der Waals surface area contributed by atoms with E-state index in [0.717, 1.165) is 18.4 Å². The van der Waals surface area contributed by atoms with Gasteiger partial charge in [-0.3, -0.25) is 9.79 Å². The van der Waals surface area contributed by atoms with E-state index in [-0.39, 0.29) is 12.5 Å². The molecule has 1 N–H and O–H groups in total. The normalized spacial score (nSPS) is 20.4. The molecule has 0 unspecified atom stereocenters. The molecule has 1 heterocycles. The van der Waals surface area contributed by atoms with Crippen LogP contribution in [0.25, 0.3) is 6.08 Å². The van der Waals surface area contributed by atoms with Gasteiger partial charge in [-0.1, -0.05) is 24.8 Å². The molecule has 0 bridgehead atoms. The van der Waals surface area contributed by atoms with Crippen LogP contribution in [-0.4, -0.2) is 30.3 Å². The van der Waals surface area contributed by atoms with Crippen molar-refractivity contribution in [2.75, 3.05) is 13.2 Å². The van der Waals surface area contributed by atoms with Gasteiger partial charge < -0.3 is 14.8 Å². The van der Waals surface area contributed by atoms with E-state index in [0.29, 0.717) is 34.2 Å². The predicted molar refractivity (Wildman–Crippen MR) is 105 cm³/mol. The number of hydrogen-bond acceptors (Lipinski definition) is 5. The van der Waals surface area contributed by atoms with Crippen LogP contribution >= 0.6 is 11.8 Å². The molecule has 2 aliphatic rings. The molecular formula is C20H22N2O3S. The Kier molecular flexibility index (Phi) is 6.24. The number of rotatable bonds is 6. The fraction of sp³-hybridized carbons (Fsp3) is 0.400. The van der Waals surface area contributed by atoms with Gasteiger partial charge in [0.1, 0.15) is 6.61 Å². The van der Waals surface area contributed by atoms with Crippen LogP contribution in [0.2, 0.25) is 0 Å². The maximum atomic E-state index is 12.2. The molecule has 1 aromatic rings. The van der Waals surface area contributed by atoms with Crippen LogP contribution in [0.4, 0.5) is 0 Å². The van der Waals surface area contributed by atoms with Crippen LogP contribution in [0.15, 0.2) is 28.1 Å². The quantitative estimate of drug-likeness (QED) is 0.614. The van der Waals surface area contributed by atoms with Crippen molar-refractivity contribution in [1.82, 2.24) is 5.32 Å². The van der Waals surface area contributed by atoms with E-state index in [1.165, 1.54) is 24.6 Å². The van der Waals surface area contributed by atoms with Crippen LogP contribution in [0.1, 0.15) is 38.2 Å². The molecule has 6 heteroatoms. The van der Waals surface area contributed by atoms with Crippen LogP contribution in [0, 0.1) is 12.3 Å². The number of aliphatic imine (C=N–C) groups is 1. The highest BCUT2D eigenvalue weighted by atomic mass is 32.2. The van der Waals surface area contributed by atoms with Crippen molar-refractivity contribution >= 4 is 28.9 Å². The van der Waals surface area contributed by atoms with Gasteiger partial charge in [-0.25, -0.2) is 0 Å². The maximum absolute atomic E-state index is 12.2. The van der Waals surface area contributed by atoms with Gasteiger partial charge in [-0.05, 0) is 55.3 Å². The highest BCUT2D eigenvalue weighted by Crippen LogP contribution is 2.32. The number of carbonyl (C=O) groups is 1. The topological polar surface area (TPSA) is 59.9 Å².